The van der Waals surface area contributed by atoms with Crippen LogP contribution in [-0.4, -0.2) is 42.9 Å². The molecule has 13 heavy (non-hydrogen) atoms. The van der Waals surface area contributed by atoms with E-state index in [0.717, 1.165) is 0 Å². The molecular weight excluding hydrogens is 170 g/mol. The van der Waals surface area contributed by atoms with Crippen LogP contribution in [-0.2, 0) is 9.47 Å². The van der Waals surface area contributed by atoms with Gasteiger partial charge in [-0.3, -0.25) is 4.90 Å². The highest BCUT2D eigenvalue weighted by molar-refractivity contribution is 5.68. The predicted molar refractivity (Wildman–Crippen MR) is 48.6 cm³/mol. The standard InChI is InChI=1S/C9H17NO3/c1-4-13-9(11)10-7(2)5-12-6-8(10)3/h7-8H,4-6H2,1-3H3/t7-,8-/m0/s1. The van der Waals surface area contributed by atoms with E-state index >= 15 is 0 Å². The Balaban J connectivity index is 2.57. The van der Waals surface area contributed by atoms with E-state index in [1.165, 1.54) is 0 Å². The van der Waals surface area contributed by atoms with Crippen LogP contribution >= 0.6 is 0 Å². The van der Waals surface area contributed by atoms with Crippen molar-refractivity contribution in [2.75, 3.05) is 19.8 Å². The Morgan fingerprint density at radius 3 is 2.46 bits per heavy atom. The smallest absolute Gasteiger partial charge is 0.410 e. The number of nitrogens with zero attached hydrogens (tertiary/aromatic N) is 1. The first-order valence-electron chi connectivity index (χ1n) is 4.69. The zero-order chi connectivity index (χ0) is 9.84. The lowest BCUT2D eigenvalue weighted by atomic mass is 10.2. The van der Waals surface area contributed by atoms with Gasteiger partial charge in [0.05, 0.1) is 31.9 Å². The molecule has 0 N–H and O–H groups in total. The molecule has 0 aromatic rings. The fourth-order valence-electron chi connectivity index (χ4n) is 1.56. The van der Waals surface area contributed by atoms with Crippen molar-refractivity contribution >= 4 is 6.09 Å². The summed E-state index contributed by atoms with van der Waals surface area (Å²) in [5.74, 6) is 0. The highest BCUT2D eigenvalue weighted by Crippen LogP contribution is 2.14. The summed E-state index contributed by atoms with van der Waals surface area (Å²) in [6, 6.07) is 0.227. The van der Waals surface area contributed by atoms with Crippen LogP contribution in [0.15, 0.2) is 0 Å². The highest BCUT2D eigenvalue weighted by atomic mass is 16.6. The van der Waals surface area contributed by atoms with Crippen LogP contribution in [0.3, 0.4) is 0 Å². The zero-order valence-electron chi connectivity index (χ0n) is 8.45. The van der Waals surface area contributed by atoms with Gasteiger partial charge in [-0.15, -0.1) is 0 Å². The largest absolute Gasteiger partial charge is 0.450 e. The summed E-state index contributed by atoms with van der Waals surface area (Å²) in [5, 5.41) is 0. The van der Waals surface area contributed by atoms with Crippen molar-refractivity contribution in [1.82, 2.24) is 4.90 Å². The third-order valence-electron chi connectivity index (χ3n) is 2.15. The number of ether oxygens (including phenoxy) is 2. The Morgan fingerprint density at radius 2 is 2.00 bits per heavy atom. The van der Waals surface area contributed by atoms with Crippen molar-refractivity contribution in [3.05, 3.63) is 0 Å². The van der Waals surface area contributed by atoms with Crippen molar-refractivity contribution in [2.24, 2.45) is 0 Å². The van der Waals surface area contributed by atoms with Gasteiger partial charge in [0.25, 0.3) is 0 Å². The third-order valence-corrected chi connectivity index (χ3v) is 2.15. The van der Waals surface area contributed by atoms with Gasteiger partial charge in [-0.05, 0) is 20.8 Å². The highest BCUT2D eigenvalue weighted by Gasteiger charge is 2.30. The third kappa shape index (κ3) is 2.34. The van der Waals surface area contributed by atoms with Crippen molar-refractivity contribution in [1.29, 1.82) is 0 Å². The maximum atomic E-state index is 11.5. The molecule has 76 valence electrons. The Morgan fingerprint density at radius 1 is 1.46 bits per heavy atom. The van der Waals surface area contributed by atoms with Gasteiger partial charge in [-0.25, -0.2) is 4.79 Å². The number of rotatable bonds is 1. The molecule has 0 unspecified atom stereocenters. The summed E-state index contributed by atoms with van der Waals surface area (Å²) in [6.07, 6.45) is -0.231. The van der Waals surface area contributed by atoms with Gasteiger partial charge < -0.3 is 9.47 Å². The zero-order valence-corrected chi connectivity index (χ0v) is 8.45. The molecular formula is C9H17NO3. The van der Waals surface area contributed by atoms with Gasteiger partial charge in [0.15, 0.2) is 0 Å². The molecule has 1 rings (SSSR count). The molecule has 1 fully saturated rings. The summed E-state index contributed by atoms with van der Waals surface area (Å²) in [5.41, 5.74) is 0. The SMILES string of the molecule is CCOC(=O)N1[C@@H](C)COC[C@@H]1C. The topological polar surface area (TPSA) is 38.8 Å². The lowest BCUT2D eigenvalue weighted by Gasteiger charge is -2.37. The van der Waals surface area contributed by atoms with Crippen LogP contribution in [0.5, 0.6) is 0 Å². The van der Waals surface area contributed by atoms with Crippen LogP contribution < -0.4 is 0 Å². The second kappa shape index (κ2) is 4.46. The fourth-order valence-corrected chi connectivity index (χ4v) is 1.56. The first-order chi connectivity index (χ1) is 6.16. The molecule has 1 saturated heterocycles. The van der Waals surface area contributed by atoms with Crippen molar-refractivity contribution in [3.63, 3.8) is 0 Å². The van der Waals surface area contributed by atoms with Crippen LogP contribution in [0.4, 0.5) is 4.79 Å². The summed E-state index contributed by atoms with van der Waals surface area (Å²) in [6.45, 7) is 7.37. The molecule has 0 aromatic carbocycles. The number of hydrogen-bond donors (Lipinski definition) is 0. The monoisotopic (exact) mass is 187 g/mol. The van der Waals surface area contributed by atoms with E-state index in [2.05, 4.69) is 0 Å². The molecule has 4 nitrogen and oxygen atoms in total. The van der Waals surface area contributed by atoms with E-state index in [1.807, 2.05) is 20.8 Å². The first kappa shape index (κ1) is 10.3. The molecule has 0 spiro atoms. The molecule has 2 atom stereocenters. The minimum absolute atomic E-state index is 0.114. The quantitative estimate of drug-likeness (QED) is 0.620. The number of hydrogen-bond acceptors (Lipinski definition) is 3. The number of carbonyl (C=O) groups is 1. The van der Waals surface area contributed by atoms with Crippen LogP contribution in [0.2, 0.25) is 0 Å². The average molecular weight is 187 g/mol. The number of carbonyl (C=O) groups excluding carboxylic acids is 1. The fraction of sp³-hybridized carbons (Fsp3) is 0.889. The summed E-state index contributed by atoms with van der Waals surface area (Å²) < 4.78 is 10.3. The second-order valence-corrected chi connectivity index (χ2v) is 3.34. The van der Waals surface area contributed by atoms with Gasteiger partial charge >= 0.3 is 6.09 Å². The van der Waals surface area contributed by atoms with Crippen molar-refractivity contribution in [3.8, 4) is 0 Å². The lowest BCUT2D eigenvalue weighted by Crippen LogP contribution is -2.52. The van der Waals surface area contributed by atoms with Crippen LogP contribution in [0.1, 0.15) is 20.8 Å². The van der Waals surface area contributed by atoms with E-state index in [4.69, 9.17) is 9.47 Å². The van der Waals surface area contributed by atoms with E-state index in [9.17, 15) is 4.79 Å². The summed E-state index contributed by atoms with van der Waals surface area (Å²) in [7, 11) is 0. The van der Waals surface area contributed by atoms with Gasteiger partial charge in [-0.2, -0.15) is 0 Å². The molecule has 1 aliphatic rings. The Kier molecular flexibility index (Phi) is 3.54. The maximum Gasteiger partial charge on any atom is 0.410 e. The van der Waals surface area contributed by atoms with Gasteiger partial charge in [0.2, 0.25) is 0 Å². The molecule has 0 bridgehead atoms. The number of amides is 1. The minimum atomic E-state index is -0.231. The van der Waals surface area contributed by atoms with E-state index in [1.54, 1.807) is 4.90 Å². The van der Waals surface area contributed by atoms with Gasteiger partial charge in [-0.1, -0.05) is 0 Å². The van der Waals surface area contributed by atoms with E-state index in [0.29, 0.717) is 19.8 Å². The average Bonchev–Trinajstić information content (AvgIpc) is 2.04. The molecule has 0 saturated carbocycles. The second-order valence-electron chi connectivity index (χ2n) is 3.34. The summed E-state index contributed by atoms with van der Waals surface area (Å²) in [4.78, 5) is 13.2. The Labute approximate surface area is 78.8 Å². The summed E-state index contributed by atoms with van der Waals surface area (Å²) >= 11 is 0. The molecule has 1 aliphatic heterocycles. The molecule has 1 heterocycles. The molecule has 0 aliphatic carbocycles. The normalized spacial score (nSPS) is 28.7. The van der Waals surface area contributed by atoms with Crippen LogP contribution in [0.25, 0.3) is 0 Å². The lowest BCUT2D eigenvalue weighted by molar-refractivity contribution is -0.0324. The first-order valence-corrected chi connectivity index (χ1v) is 4.69. The Bertz CT molecular complexity index is 174. The van der Waals surface area contributed by atoms with Gasteiger partial charge in [0.1, 0.15) is 0 Å². The van der Waals surface area contributed by atoms with Crippen molar-refractivity contribution < 1.29 is 14.3 Å². The van der Waals surface area contributed by atoms with Gasteiger partial charge in [0, 0.05) is 0 Å². The molecule has 0 radical (unpaired) electrons. The molecule has 1 amide bonds. The Hall–Kier alpha value is -0.770. The van der Waals surface area contributed by atoms with Crippen LogP contribution in [0, 0.1) is 0 Å². The molecule has 4 heteroatoms. The molecule has 0 aromatic heterocycles. The minimum Gasteiger partial charge on any atom is -0.450 e. The van der Waals surface area contributed by atoms with Crippen molar-refractivity contribution in [2.45, 2.75) is 32.9 Å². The maximum absolute atomic E-state index is 11.5. The predicted octanol–water partition coefficient (Wildman–Crippen LogP) is 1.25. The number of morpholine rings is 1. The van der Waals surface area contributed by atoms with E-state index in [-0.39, 0.29) is 18.2 Å². The van der Waals surface area contributed by atoms with E-state index < -0.39 is 0 Å².